The number of halogens is 1. The maximum atomic E-state index is 12.6. The molecule has 1 fully saturated rings. The molecule has 0 saturated carbocycles. The number of carbonyl (C=O) groups is 1. The van der Waals surface area contributed by atoms with Crippen LogP contribution in [0, 0.1) is 0 Å². The Morgan fingerprint density at radius 1 is 1.26 bits per heavy atom. The third-order valence-electron chi connectivity index (χ3n) is 3.53. The Kier molecular flexibility index (Phi) is 3.58. The summed E-state index contributed by atoms with van der Waals surface area (Å²) in [4.78, 5) is 14.5. The standard InChI is InChI=1S/C15H14ClNOS/c16-13-5-3-11(4-6-13)15(18)17-8-1-2-14(17)12-7-9-19-10-12/h3-7,9-10,14H,1-2,8H2/t14-/m1/s1. The molecule has 1 aliphatic heterocycles. The lowest BCUT2D eigenvalue weighted by atomic mass is 10.1. The zero-order valence-electron chi connectivity index (χ0n) is 10.4. The van der Waals surface area contributed by atoms with Crippen LogP contribution in [0.1, 0.15) is 34.8 Å². The van der Waals surface area contributed by atoms with E-state index in [-0.39, 0.29) is 11.9 Å². The first kappa shape index (κ1) is 12.7. The Labute approximate surface area is 121 Å². The van der Waals surface area contributed by atoms with E-state index in [1.165, 1.54) is 5.56 Å². The number of rotatable bonds is 2. The zero-order valence-corrected chi connectivity index (χ0v) is 12.0. The van der Waals surface area contributed by atoms with Gasteiger partial charge in [0.25, 0.3) is 5.91 Å². The van der Waals surface area contributed by atoms with Crippen LogP contribution in [0.15, 0.2) is 41.1 Å². The van der Waals surface area contributed by atoms with Crippen LogP contribution in [0.5, 0.6) is 0 Å². The minimum atomic E-state index is 0.102. The van der Waals surface area contributed by atoms with Crippen LogP contribution < -0.4 is 0 Å². The van der Waals surface area contributed by atoms with Crippen LogP contribution in [0.25, 0.3) is 0 Å². The molecule has 2 aromatic rings. The van der Waals surface area contributed by atoms with Crippen molar-refractivity contribution in [3.05, 3.63) is 57.2 Å². The van der Waals surface area contributed by atoms with Crippen LogP contribution in [-0.4, -0.2) is 17.4 Å². The first-order valence-corrected chi connectivity index (χ1v) is 7.66. The van der Waals surface area contributed by atoms with Crippen molar-refractivity contribution < 1.29 is 4.79 Å². The molecule has 19 heavy (non-hydrogen) atoms. The number of benzene rings is 1. The molecule has 1 amide bonds. The lowest BCUT2D eigenvalue weighted by molar-refractivity contribution is 0.0736. The largest absolute Gasteiger partial charge is 0.332 e. The molecule has 98 valence electrons. The van der Waals surface area contributed by atoms with Gasteiger partial charge in [0.15, 0.2) is 0 Å². The third kappa shape index (κ3) is 2.53. The molecule has 0 spiro atoms. The van der Waals surface area contributed by atoms with Gasteiger partial charge < -0.3 is 4.90 Å². The van der Waals surface area contributed by atoms with E-state index in [9.17, 15) is 4.79 Å². The quantitative estimate of drug-likeness (QED) is 0.804. The zero-order chi connectivity index (χ0) is 13.2. The molecule has 1 aliphatic rings. The minimum Gasteiger partial charge on any atom is -0.332 e. The highest BCUT2D eigenvalue weighted by molar-refractivity contribution is 7.08. The smallest absolute Gasteiger partial charge is 0.254 e. The highest BCUT2D eigenvalue weighted by Gasteiger charge is 2.30. The van der Waals surface area contributed by atoms with Crippen molar-refractivity contribution in [1.82, 2.24) is 4.90 Å². The van der Waals surface area contributed by atoms with Gasteiger partial charge in [0, 0.05) is 17.1 Å². The number of thiophene rings is 1. The van der Waals surface area contributed by atoms with Crippen LogP contribution in [0.4, 0.5) is 0 Å². The van der Waals surface area contributed by atoms with Gasteiger partial charge in [-0.05, 0) is 59.5 Å². The SMILES string of the molecule is O=C(c1ccc(Cl)cc1)N1CCC[C@@H]1c1ccsc1. The molecule has 1 atom stereocenters. The monoisotopic (exact) mass is 291 g/mol. The molecule has 3 rings (SSSR count). The van der Waals surface area contributed by atoms with Gasteiger partial charge in [0.05, 0.1) is 6.04 Å². The normalized spacial score (nSPS) is 18.8. The van der Waals surface area contributed by atoms with Crippen LogP contribution in [0.3, 0.4) is 0 Å². The van der Waals surface area contributed by atoms with Gasteiger partial charge >= 0.3 is 0 Å². The molecule has 0 aliphatic carbocycles. The maximum Gasteiger partial charge on any atom is 0.254 e. The van der Waals surface area contributed by atoms with Crippen LogP contribution in [-0.2, 0) is 0 Å². The number of nitrogens with zero attached hydrogens (tertiary/aromatic N) is 1. The minimum absolute atomic E-state index is 0.102. The van der Waals surface area contributed by atoms with E-state index < -0.39 is 0 Å². The lowest BCUT2D eigenvalue weighted by Crippen LogP contribution is -2.30. The predicted molar refractivity (Wildman–Crippen MR) is 78.8 cm³/mol. The van der Waals surface area contributed by atoms with Gasteiger partial charge in [0.2, 0.25) is 0 Å². The molecule has 0 radical (unpaired) electrons. The molecule has 2 nitrogen and oxygen atoms in total. The van der Waals surface area contributed by atoms with Gasteiger partial charge in [-0.1, -0.05) is 11.6 Å². The fourth-order valence-corrected chi connectivity index (χ4v) is 3.41. The molecule has 1 aromatic carbocycles. The number of hydrogen-bond acceptors (Lipinski definition) is 2. The fourth-order valence-electron chi connectivity index (χ4n) is 2.58. The lowest BCUT2D eigenvalue weighted by Gasteiger charge is -2.24. The molecule has 0 unspecified atom stereocenters. The molecule has 1 saturated heterocycles. The Balaban J connectivity index is 1.84. The van der Waals surface area contributed by atoms with Crippen molar-refractivity contribution in [3.8, 4) is 0 Å². The topological polar surface area (TPSA) is 20.3 Å². The number of amides is 1. The second-order valence-electron chi connectivity index (χ2n) is 4.72. The van der Waals surface area contributed by atoms with Crippen molar-refractivity contribution in [2.45, 2.75) is 18.9 Å². The molecule has 4 heteroatoms. The van der Waals surface area contributed by atoms with Crippen molar-refractivity contribution in [2.75, 3.05) is 6.54 Å². The highest BCUT2D eigenvalue weighted by atomic mass is 35.5. The maximum absolute atomic E-state index is 12.6. The predicted octanol–water partition coefficient (Wildman–Crippen LogP) is 4.38. The van der Waals surface area contributed by atoms with Crippen LogP contribution in [0.2, 0.25) is 5.02 Å². The summed E-state index contributed by atoms with van der Waals surface area (Å²) >= 11 is 7.54. The van der Waals surface area contributed by atoms with E-state index in [2.05, 4.69) is 16.8 Å². The van der Waals surface area contributed by atoms with Crippen molar-refractivity contribution in [3.63, 3.8) is 0 Å². The van der Waals surface area contributed by atoms with Gasteiger partial charge in [-0.15, -0.1) is 0 Å². The Hall–Kier alpha value is -1.32. The van der Waals surface area contributed by atoms with E-state index in [1.807, 2.05) is 4.90 Å². The average Bonchev–Trinajstić information content (AvgIpc) is 3.09. The summed E-state index contributed by atoms with van der Waals surface area (Å²) in [6.45, 7) is 0.835. The van der Waals surface area contributed by atoms with Gasteiger partial charge in [-0.2, -0.15) is 11.3 Å². The molecule has 0 bridgehead atoms. The Morgan fingerprint density at radius 2 is 2.05 bits per heavy atom. The number of likely N-dealkylation sites (tertiary alicyclic amines) is 1. The average molecular weight is 292 g/mol. The van der Waals surface area contributed by atoms with Crippen molar-refractivity contribution in [1.29, 1.82) is 0 Å². The van der Waals surface area contributed by atoms with E-state index in [1.54, 1.807) is 35.6 Å². The number of hydrogen-bond donors (Lipinski definition) is 0. The summed E-state index contributed by atoms with van der Waals surface area (Å²) in [5, 5.41) is 4.86. The summed E-state index contributed by atoms with van der Waals surface area (Å²) in [5.74, 6) is 0.102. The van der Waals surface area contributed by atoms with E-state index in [0.29, 0.717) is 10.6 Å². The third-order valence-corrected chi connectivity index (χ3v) is 4.49. The first-order valence-electron chi connectivity index (χ1n) is 6.34. The Bertz CT molecular complexity index is 564. The first-order chi connectivity index (χ1) is 9.25. The summed E-state index contributed by atoms with van der Waals surface area (Å²) in [5.41, 5.74) is 1.97. The second kappa shape index (κ2) is 5.35. The second-order valence-corrected chi connectivity index (χ2v) is 5.94. The van der Waals surface area contributed by atoms with Crippen LogP contribution >= 0.6 is 22.9 Å². The van der Waals surface area contributed by atoms with E-state index in [0.717, 1.165) is 19.4 Å². The molecular formula is C15H14ClNOS. The van der Waals surface area contributed by atoms with E-state index in [4.69, 9.17) is 11.6 Å². The highest BCUT2D eigenvalue weighted by Crippen LogP contribution is 2.34. The molecule has 0 N–H and O–H groups in total. The van der Waals surface area contributed by atoms with Crippen molar-refractivity contribution in [2.24, 2.45) is 0 Å². The molecular weight excluding hydrogens is 278 g/mol. The van der Waals surface area contributed by atoms with E-state index >= 15 is 0 Å². The van der Waals surface area contributed by atoms with Gasteiger partial charge in [-0.25, -0.2) is 0 Å². The summed E-state index contributed by atoms with van der Waals surface area (Å²) in [6, 6.07) is 9.48. The van der Waals surface area contributed by atoms with Gasteiger partial charge in [-0.3, -0.25) is 4.79 Å². The molecule has 2 heterocycles. The fraction of sp³-hybridized carbons (Fsp3) is 0.267. The van der Waals surface area contributed by atoms with Gasteiger partial charge in [0.1, 0.15) is 0 Å². The number of carbonyl (C=O) groups excluding carboxylic acids is 1. The van der Waals surface area contributed by atoms with Crippen molar-refractivity contribution >= 4 is 28.8 Å². The Morgan fingerprint density at radius 3 is 2.74 bits per heavy atom. The molecule has 1 aromatic heterocycles. The summed E-state index contributed by atoms with van der Waals surface area (Å²) in [6.07, 6.45) is 2.12. The summed E-state index contributed by atoms with van der Waals surface area (Å²) in [7, 11) is 0. The summed E-state index contributed by atoms with van der Waals surface area (Å²) < 4.78 is 0.